The molecule has 1 aromatic heterocycles. The largest absolute Gasteiger partial charge is 0.333 e. The van der Waals surface area contributed by atoms with Gasteiger partial charge in [0.2, 0.25) is 0 Å². The molecule has 1 saturated heterocycles. The van der Waals surface area contributed by atoms with E-state index in [-0.39, 0.29) is 0 Å². The number of piperidine rings is 1. The van der Waals surface area contributed by atoms with E-state index >= 15 is 0 Å². The highest BCUT2D eigenvalue weighted by Crippen LogP contribution is 2.33. The van der Waals surface area contributed by atoms with Gasteiger partial charge in [0.05, 0.1) is 18.1 Å². The van der Waals surface area contributed by atoms with Crippen LogP contribution in [0.1, 0.15) is 52.3 Å². The van der Waals surface area contributed by atoms with Gasteiger partial charge >= 0.3 is 0 Å². The minimum Gasteiger partial charge on any atom is -0.333 e. The molecule has 4 heteroatoms. The molecule has 4 nitrogen and oxygen atoms in total. The zero-order chi connectivity index (χ0) is 14.7. The Morgan fingerprint density at radius 1 is 1.40 bits per heavy atom. The molecule has 0 aromatic carbocycles. The predicted molar refractivity (Wildman–Crippen MR) is 83.4 cm³/mol. The average molecular weight is 278 g/mol. The first kappa shape index (κ1) is 15.5. The Balaban J connectivity index is 2.24. The smallest absolute Gasteiger partial charge is 0.0948 e. The lowest BCUT2D eigenvalue weighted by Crippen LogP contribution is -2.49. The van der Waals surface area contributed by atoms with Crippen LogP contribution in [0.4, 0.5) is 0 Å². The summed E-state index contributed by atoms with van der Waals surface area (Å²) in [7, 11) is 0. The van der Waals surface area contributed by atoms with Crippen LogP contribution in [0.2, 0.25) is 0 Å². The molecule has 0 saturated carbocycles. The molecule has 0 bridgehead atoms. The summed E-state index contributed by atoms with van der Waals surface area (Å²) in [5.74, 6) is 1.48. The molecule has 4 atom stereocenters. The third kappa shape index (κ3) is 3.07. The maximum atomic E-state index is 6.13. The van der Waals surface area contributed by atoms with Crippen molar-refractivity contribution < 1.29 is 0 Å². The Labute approximate surface area is 123 Å². The lowest BCUT2D eigenvalue weighted by molar-refractivity contribution is 0.0396. The molecule has 1 aliphatic rings. The van der Waals surface area contributed by atoms with Crippen molar-refractivity contribution in [3.05, 3.63) is 18.2 Å². The Hall–Kier alpha value is -0.870. The summed E-state index contributed by atoms with van der Waals surface area (Å²) in [5.41, 5.74) is 7.41. The van der Waals surface area contributed by atoms with Crippen LogP contribution in [0.3, 0.4) is 0 Å². The predicted octanol–water partition coefficient (Wildman–Crippen LogP) is 2.66. The van der Waals surface area contributed by atoms with Crippen molar-refractivity contribution in [2.24, 2.45) is 17.6 Å². The van der Waals surface area contributed by atoms with E-state index in [2.05, 4.69) is 42.1 Å². The van der Waals surface area contributed by atoms with Crippen LogP contribution in [0, 0.1) is 11.8 Å². The summed E-state index contributed by atoms with van der Waals surface area (Å²) in [4.78, 5) is 6.95. The second-order valence-electron chi connectivity index (χ2n) is 6.52. The number of nitrogens with zero attached hydrogens (tertiary/aromatic N) is 3. The van der Waals surface area contributed by atoms with E-state index in [1.807, 2.05) is 12.5 Å². The zero-order valence-corrected chi connectivity index (χ0v) is 13.4. The number of hydrogen-bond acceptors (Lipinski definition) is 3. The summed E-state index contributed by atoms with van der Waals surface area (Å²) in [6.07, 6.45) is 6.40. The minimum absolute atomic E-state index is 0.296. The van der Waals surface area contributed by atoms with Crippen molar-refractivity contribution >= 4 is 0 Å². The van der Waals surface area contributed by atoms with Crippen LogP contribution in [-0.2, 0) is 6.54 Å². The van der Waals surface area contributed by atoms with Crippen molar-refractivity contribution in [1.82, 2.24) is 14.5 Å². The molecule has 4 unspecified atom stereocenters. The quantitative estimate of drug-likeness (QED) is 0.900. The summed E-state index contributed by atoms with van der Waals surface area (Å²) in [5, 5.41) is 0. The molecule has 114 valence electrons. The molecule has 20 heavy (non-hydrogen) atoms. The summed E-state index contributed by atoms with van der Waals surface area (Å²) in [6.45, 7) is 12.1. The van der Waals surface area contributed by atoms with Crippen LogP contribution in [0.5, 0.6) is 0 Å². The van der Waals surface area contributed by atoms with E-state index < -0.39 is 0 Å². The molecule has 0 aliphatic carbocycles. The third-order valence-electron chi connectivity index (χ3n) is 4.82. The van der Waals surface area contributed by atoms with Gasteiger partial charge in [-0.1, -0.05) is 20.8 Å². The van der Waals surface area contributed by atoms with Crippen molar-refractivity contribution in [1.29, 1.82) is 0 Å². The maximum absolute atomic E-state index is 6.13. The average Bonchev–Trinajstić information content (AvgIpc) is 2.85. The maximum Gasteiger partial charge on any atom is 0.0948 e. The topological polar surface area (TPSA) is 47.1 Å². The third-order valence-corrected chi connectivity index (χ3v) is 4.82. The fourth-order valence-electron chi connectivity index (χ4n) is 3.63. The van der Waals surface area contributed by atoms with Crippen LogP contribution in [0.15, 0.2) is 12.5 Å². The second-order valence-corrected chi connectivity index (χ2v) is 6.52. The fourth-order valence-corrected chi connectivity index (χ4v) is 3.63. The first-order valence-corrected chi connectivity index (χ1v) is 8.04. The summed E-state index contributed by atoms with van der Waals surface area (Å²) < 4.78 is 2.27. The van der Waals surface area contributed by atoms with Gasteiger partial charge in [0.15, 0.2) is 0 Å². The molecule has 2 heterocycles. The highest BCUT2D eigenvalue weighted by molar-refractivity contribution is 5.08. The SMILES string of the molecule is CCCn1cncc1C(CN)N1CC(C)CC(C)C1C. The summed E-state index contributed by atoms with van der Waals surface area (Å²) >= 11 is 0. The van der Waals surface area contributed by atoms with Gasteiger partial charge in [0.25, 0.3) is 0 Å². The Kier molecular flexibility index (Phi) is 5.22. The van der Waals surface area contributed by atoms with Gasteiger partial charge in [-0.05, 0) is 31.6 Å². The van der Waals surface area contributed by atoms with Crippen molar-refractivity contribution in [3.63, 3.8) is 0 Å². The van der Waals surface area contributed by atoms with E-state index in [0.717, 1.165) is 31.3 Å². The van der Waals surface area contributed by atoms with Crippen LogP contribution in [-0.4, -0.2) is 33.6 Å². The van der Waals surface area contributed by atoms with E-state index in [1.54, 1.807) is 0 Å². The first-order chi connectivity index (χ1) is 9.58. The highest BCUT2D eigenvalue weighted by Gasteiger charge is 2.34. The number of hydrogen-bond donors (Lipinski definition) is 1. The Morgan fingerprint density at radius 3 is 2.80 bits per heavy atom. The van der Waals surface area contributed by atoms with Crippen molar-refractivity contribution in [3.8, 4) is 0 Å². The molecule has 1 aliphatic heterocycles. The molecule has 0 amide bonds. The van der Waals surface area contributed by atoms with Gasteiger partial charge in [-0.15, -0.1) is 0 Å². The molecule has 0 spiro atoms. The zero-order valence-electron chi connectivity index (χ0n) is 13.4. The second kappa shape index (κ2) is 6.72. The molecule has 1 aromatic rings. The van der Waals surface area contributed by atoms with Gasteiger partial charge in [-0.25, -0.2) is 4.98 Å². The Morgan fingerprint density at radius 2 is 2.15 bits per heavy atom. The number of aromatic nitrogens is 2. The van der Waals surface area contributed by atoms with Crippen molar-refractivity contribution in [2.75, 3.05) is 13.1 Å². The monoisotopic (exact) mass is 278 g/mol. The number of rotatable bonds is 5. The molecular weight excluding hydrogens is 248 g/mol. The number of aryl methyl sites for hydroxylation is 1. The standard InChI is InChI=1S/C16H30N4/c1-5-6-19-11-18-9-16(19)15(8-17)20-10-12(2)7-13(3)14(20)4/h9,11-15H,5-8,10,17H2,1-4H3. The molecule has 0 radical (unpaired) electrons. The summed E-state index contributed by atoms with van der Waals surface area (Å²) in [6, 6.07) is 0.883. The number of likely N-dealkylation sites (tertiary alicyclic amines) is 1. The van der Waals surface area contributed by atoms with Gasteiger partial charge in [-0.3, -0.25) is 4.90 Å². The van der Waals surface area contributed by atoms with Gasteiger partial charge in [0, 0.05) is 31.9 Å². The van der Waals surface area contributed by atoms with Gasteiger partial charge in [-0.2, -0.15) is 0 Å². The first-order valence-electron chi connectivity index (χ1n) is 8.04. The van der Waals surface area contributed by atoms with Gasteiger partial charge < -0.3 is 10.3 Å². The molecule has 2 N–H and O–H groups in total. The van der Waals surface area contributed by atoms with E-state index in [4.69, 9.17) is 5.73 Å². The van der Waals surface area contributed by atoms with E-state index in [0.29, 0.717) is 18.6 Å². The highest BCUT2D eigenvalue weighted by atomic mass is 15.2. The number of imidazole rings is 1. The minimum atomic E-state index is 0.296. The Bertz CT molecular complexity index is 414. The molecule has 1 fully saturated rings. The fraction of sp³-hybridized carbons (Fsp3) is 0.812. The normalized spacial score (nSPS) is 29.6. The van der Waals surface area contributed by atoms with Gasteiger partial charge in [0.1, 0.15) is 0 Å². The lowest BCUT2D eigenvalue weighted by Gasteiger charge is -2.45. The van der Waals surface area contributed by atoms with E-state index in [1.165, 1.54) is 12.1 Å². The lowest BCUT2D eigenvalue weighted by atomic mass is 9.84. The number of nitrogens with two attached hydrogens (primary N) is 1. The molecule has 2 rings (SSSR count). The van der Waals surface area contributed by atoms with Crippen LogP contribution in [0.25, 0.3) is 0 Å². The molecular formula is C16H30N4. The van der Waals surface area contributed by atoms with Crippen LogP contribution < -0.4 is 5.73 Å². The van der Waals surface area contributed by atoms with Crippen molar-refractivity contribution in [2.45, 2.75) is 59.2 Å². The van der Waals surface area contributed by atoms with E-state index in [9.17, 15) is 0 Å². The van der Waals surface area contributed by atoms with Crippen LogP contribution >= 0.6 is 0 Å².